The lowest BCUT2D eigenvalue weighted by Gasteiger charge is -1.98. The van der Waals surface area contributed by atoms with Crippen molar-refractivity contribution in [1.29, 1.82) is 0 Å². The highest BCUT2D eigenvalue weighted by Crippen LogP contribution is 2.30. The number of hydrogen-bond donors (Lipinski definition) is 0. The minimum atomic E-state index is 0.580. The predicted molar refractivity (Wildman–Crippen MR) is 74.8 cm³/mol. The lowest BCUT2D eigenvalue weighted by atomic mass is 10.2. The zero-order valence-corrected chi connectivity index (χ0v) is 11.1. The third-order valence-corrected chi connectivity index (χ3v) is 3.85. The number of nitrogens with zero attached hydrogens (tertiary/aromatic N) is 3. The molecule has 0 saturated heterocycles. The molecule has 4 nitrogen and oxygen atoms in total. The molecule has 0 atom stereocenters. The van der Waals surface area contributed by atoms with Crippen LogP contribution in [-0.2, 0) is 0 Å². The van der Waals surface area contributed by atoms with Gasteiger partial charge in [0, 0.05) is 12.4 Å². The van der Waals surface area contributed by atoms with Crippen molar-refractivity contribution in [2.75, 3.05) is 0 Å². The fraction of sp³-hybridized carbons (Fsp3) is 0.0714. The Bertz CT molecular complexity index is 715. The van der Waals surface area contributed by atoms with Crippen LogP contribution in [-0.4, -0.2) is 21.1 Å². The standard InChI is InChI=1S/C14H11N3OS/c1-10-5-7-19-14(10)13-11(9-18)8-17(16-13)12-4-2-3-6-15-12/h2-9H,1H3. The van der Waals surface area contributed by atoms with E-state index in [-0.39, 0.29) is 0 Å². The lowest BCUT2D eigenvalue weighted by molar-refractivity contribution is 0.112. The average molecular weight is 269 g/mol. The molecular formula is C14H11N3OS. The van der Waals surface area contributed by atoms with E-state index in [2.05, 4.69) is 10.1 Å². The molecule has 94 valence electrons. The third kappa shape index (κ3) is 2.08. The second-order valence-electron chi connectivity index (χ2n) is 4.12. The molecule has 0 aliphatic rings. The maximum absolute atomic E-state index is 11.2. The summed E-state index contributed by atoms with van der Waals surface area (Å²) in [6.07, 6.45) is 4.25. The molecule has 3 aromatic rings. The van der Waals surface area contributed by atoms with E-state index < -0.39 is 0 Å². The molecule has 0 aliphatic carbocycles. The van der Waals surface area contributed by atoms with Crippen LogP contribution in [0.1, 0.15) is 15.9 Å². The average Bonchev–Trinajstić information content (AvgIpc) is 3.05. The molecule has 0 bridgehead atoms. The lowest BCUT2D eigenvalue weighted by Crippen LogP contribution is -1.97. The van der Waals surface area contributed by atoms with Crippen molar-refractivity contribution in [3.63, 3.8) is 0 Å². The number of hydrogen-bond acceptors (Lipinski definition) is 4. The summed E-state index contributed by atoms with van der Waals surface area (Å²) >= 11 is 1.59. The molecule has 0 unspecified atom stereocenters. The van der Waals surface area contributed by atoms with Gasteiger partial charge in [-0.05, 0) is 36.1 Å². The van der Waals surface area contributed by atoms with Gasteiger partial charge in [0.15, 0.2) is 12.1 Å². The summed E-state index contributed by atoms with van der Waals surface area (Å²) < 4.78 is 1.64. The fourth-order valence-corrected chi connectivity index (χ4v) is 2.80. The monoisotopic (exact) mass is 269 g/mol. The van der Waals surface area contributed by atoms with Crippen molar-refractivity contribution in [3.05, 3.63) is 53.2 Å². The number of aromatic nitrogens is 3. The first-order chi connectivity index (χ1) is 9.29. The van der Waals surface area contributed by atoms with Crippen molar-refractivity contribution < 1.29 is 4.79 Å². The Hall–Kier alpha value is -2.27. The highest BCUT2D eigenvalue weighted by molar-refractivity contribution is 7.13. The number of aldehydes is 1. The Kier molecular flexibility index (Phi) is 2.97. The molecule has 0 amide bonds. The zero-order chi connectivity index (χ0) is 13.2. The Morgan fingerprint density at radius 1 is 1.32 bits per heavy atom. The molecule has 0 saturated carbocycles. The van der Waals surface area contributed by atoms with E-state index in [9.17, 15) is 4.79 Å². The highest BCUT2D eigenvalue weighted by Gasteiger charge is 2.14. The van der Waals surface area contributed by atoms with E-state index in [0.717, 1.165) is 16.7 Å². The summed E-state index contributed by atoms with van der Waals surface area (Å²) in [6.45, 7) is 2.01. The van der Waals surface area contributed by atoms with Crippen molar-refractivity contribution in [3.8, 4) is 16.4 Å². The Morgan fingerprint density at radius 3 is 2.84 bits per heavy atom. The van der Waals surface area contributed by atoms with Gasteiger partial charge >= 0.3 is 0 Å². The van der Waals surface area contributed by atoms with Crippen LogP contribution in [0.15, 0.2) is 42.0 Å². The molecule has 0 aromatic carbocycles. The fourth-order valence-electron chi connectivity index (χ4n) is 1.87. The van der Waals surface area contributed by atoms with Gasteiger partial charge < -0.3 is 0 Å². The second-order valence-corrected chi connectivity index (χ2v) is 5.03. The van der Waals surface area contributed by atoms with Gasteiger partial charge in [-0.1, -0.05) is 6.07 Å². The first-order valence-corrected chi connectivity index (χ1v) is 6.68. The van der Waals surface area contributed by atoms with Gasteiger partial charge in [-0.2, -0.15) is 5.10 Å². The minimum absolute atomic E-state index is 0.580. The summed E-state index contributed by atoms with van der Waals surface area (Å²) in [6, 6.07) is 7.61. The number of pyridine rings is 1. The number of carbonyl (C=O) groups is 1. The molecule has 0 fully saturated rings. The summed E-state index contributed by atoms with van der Waals surface area (Å²) in [5, 5.41) is 6.49. The van der Waals surface area contributed by atoms with E-state index >= 15 is 0 Å². The first kappa shape index (κ1) is 11.8. The van der Waals surface area contributed by atoms with Gasteiger partial charge in [0.25, 0.3) is 0 Å². The zero-order valence-electron chi connectivity index (χ0n) is 10.3. The van der Waals surface area contributed by atoms with Gasteiger partial charge in [-0.15, -0.1) is 11.3 Å². The third-order valence-electron chi connectivity index (χ3n) is 2.83. The van der Waals surface area contributed by atoms with Gasteiger partial charge in [-0.25, -0.2) is 9.67 Å². The molecule has 0 N–H and O–H groups in total. The minimum Gasteiger partial charge on any atom is -0.298 e. The van der Waals surface area contributed by atoms with Crippen molar-refractivity contribution in [2.45, 2.75) is 6.92 Å². The van der Waals surface area contributed by atoms with Crippen LogP contribution in [0.3, 0.4) is 0 Å². The SMILES string of the molecule is Cc1ccsc1-c1nn(-c2ccccn2)cc1C=O. The van der Waals surface area contributed by atoms with E-state index in [0.29, 0.717) is 17.1 Å². The maximum atomic E-state index is 11.2. The van der Waals surface area contributed by atoms with Crippen LogP contribution in [0.2, 0.25) is 0 Å². The van der Waals surface area contributed by atoms with E-state index in [1.165, 1.54) is 0 Å². The highest BCUT2D eigenvalue weighted by atomic mass is 32.1. The summed E-state index contributed by atoms with van der Waals surface area (Å²) in [4.78, 5) is 16.5. The summed E-state index contributed by atoms with van der Waals surface area (Å²) in [5.74, 6) is 0.700. The predicted octanol–water partition coefficient (Wildman–Crippen LogP) is 3.12. The number of thiophene rings is 1. The van der Waals surface area contributed by atoms with Crippen LogP contribution in [0.4, 0.5) is 0 Å². The number of carbonyl (C=O) groups excluding carboxylic acids is 1. The van der Waals surface area contributed by atoms with Crippen molar-refractivity contribution in [2.24, 2.45) is 0 Å². The summed E-state index contributed by atoms with van der Waals surface area (Å²) in [7, 11) is 0. The van der Waals surface area contributed by atoms with Gasteiger partial charge in [0.2, 0.25) is 0 Å². The van der Waals surface area contributed by atoms with E-state index in [1.54, 1.807) is 28.4 Å². The molecule has 3 heterocycles. The van der Waals surface area contributed by atoms with Gasteiger partial charge in [0.05, 0.1) is 10.4 Å². The Labute approximate surface area is 114 Å². The molecule has 0 radical (unpaired) electrons. The first-order valence-electron chi connectivity index (χ1n) is 5.80. The van der Waals surface area contributed by atoms with Crippen molar-refractivity contribution >= 4 is 17.6 Å². The van der Waals surface area contributed by atoms with E-state index in [4.69, 9.17) is 0 Å². The summed E-state index contributed by atoms with van der Waals surface area (Å²) in [5.41, 5.74) is 2.42. The Morgan fingerprint density at radius 2 is 2.21 bits per heavy atom. The molecular weight excluding hydrogens is 258 g/mol. The van der Waals surface area contributed by atoms with Gasteiger partial charge in [0.1, 0.15) is 5.69 Å². The van der Waals surface area contributed by atoms with Crippen LogP contribution < -0.4 is 0 Å². The molecule has 19 heavy (non-hydrogen) atoms. The molecule has 3 aromatic heterocycles. The molecule has 0 spiro atoms. The van der Waals surface area contributed by atoms with Crippen LogP contribution in [0.25, 0.3) is 16.4 Å². The quantitative estimate of drug-likeness (QED) is 0.686. The number of rotatable bonds is 3. The second kappa shape index (κ2) is 4.78. The topological polar surface area (TPSA) is 47.8 Å². The van der Waals surface area contributed by atoms with E-state index in [1.807, 2.05) is 36.6 Å². The van der Waals surface area contributed by atoms with Crippen LogP contribution in [0.5, 0.6) is 0 Å². The molecule has 3 rings (SSSR count). The largest absolute Gasteiger partial charge is 0.298 e. The van der Waals surface area contributed by atoms with Gasteiger partial charge in [-0.3, -0.25) is 4.79 Å². The van der Waals surface area contributed by atoms with Crippen LogP contribution >= 0.6 is 11.3 Å². The number of aryl methyl sites for hydroxylation is 1. The maximum Gasteiger partial charge on any atom is 0.153 e. The normalized spacial score (nSPS) is 10.6. The smallest absolute Gasteiger partial charge is 0.153 e. The Balaban J connectivity index is 2.15. The molecule has 0 aliphatic heterocycles. The van der Waals surface area contributed by atoms with Crippen molar-refractivity contribution in [1.82, 2.24) is 14.8 Å². The molecule has 5 heteroatoms. The van der Waals surface area contributed by atoms with Crippen LogP contribution in [0, 0.1) is 6.92 Å².